The van der Waals surface area contributed by atoms with Crippen molar-refractivity contribution in [1.82, 2.24) is 10.2 Å². The minimum atomic E-state index is -0.249. The molecule has 0 radical (unpaired) electrons. The van der Waals surface area contributed by atoms with Gasteiger partial charge in [-0.2, -0.15) is 0 Å². The summed E-state index contributed by atoms with van der Waals surface area (Å²) in [6.07, 6.45) is 0.979. The van der Waals surface area contributed by atoms with Gasteiger partial charge in [-0.3, -0.25) is 9.69 Å². The van der Waals surface area contributed by atoms with Crippen molar-refractivity contribution in [2.75, 3.05) is 20.2 Å². The zero-order valence-electron chi connectivity index (χ0n) is 15.5. The van der Waals surface area contributed by atoms with Gasteiger partial charge in [-0.1, -0.05) is 49.4 Å². The van der Waals surface area contributed by atoms with Crippen LogP contribution in [0.4, 0.5) is 4.39 Å². The van der Waals surface area contributed by atoms with Gasteiger partial charge in [0.1, 0.15) is 5.82 Å². The van der Waals surface area contributed by atoms with Gasteiger partial charge < -0.3 is 10.1 Å². The summed E-state index contributed by atoms with van der Waals surface area (Å²) in [5.41, 5.74) is 2.72. The molecular weight excluding hydrogens is 331 g/mol. The molecule has 1 N–H and O–H groups in total. The Morgan fingerprint density at radius 1 is 1.08 bits per heavy atom. The Balaban J connectivity index is 1.82. The minimum Gasteiger partial charge on any atom is -0.377 e. The Kier molecular flexibility index (Phi) is 8.25. The molecule has 0 aliphatic heterocycles. The molecule has 2 aromatic carbocycles. The molecule has 0 atom stereocenters. The third-order valence-corrected chi connectivity index (χ3v) is 4.01. The maximum Gasteiger partial charge on any atom is 0.234 e. The van der Waals surface area contributed by atoms with Crippen LogP contribution in [0.25, 0.3) is 0 Å². The number of rotatable bonds is 10. The van der Waals surface area contributed by atoms with Crippen molar-refractivity contribution in [2.45, 2.75) is 33.0 Å². The molecular formula is C21H27FN2O2. The molecule has 4 nitrogen and oxygen atoms in total. The monoisotopic (exact) mass is 358 g/mol. The van der Waals surface area contributed by atoms with E-state index < -0.39 is 0 Å². The number of nitrogens with zero attached hydrogens (tertiary/aromatic N) is 1. The summed E-state index contributed by atoms with van der Waals surface area (Å²) in [5.74, 6) is -0.339. The SMILES string of the molecule is CCCOCc1ccccc1CNC(=O)CN(C)Cc1ccccc1F. The number of carbonyl (C=O) groups is 1. The molecule has 2 rings (SSSR count). The Morgan fingerprint density at radius 2 is 1.73 bits per heavy atom. The molecule has 0 aliphatic carbocycles. The van der Waals surface area contributed by atoms with E-state index in [1.54, 1.807) is 30.1 Å². The van der Waals surface area contributed by atoms with E-state index in [1.807, 2.05) is 24.3 Å². The average Bonchev–Trinajstić information content (AvgIpc) is 2.63. The maximum atomic E-state index is 13.7. The summed E-state index contributed by atoms with van der Waals surface area (Å²) < 4.78 is 19.3. The van der Waals surface area contributed by atoms with Crippen LogP contribution < -0.4 is 5.32 Å². The number of hydrogen-bond acceptors (Lipinski definition) is 3. The van der Waals surface area contributed by atoms with Crippen molar-refractivity contribution < 1.29 is 13.9 Å². The third kappa shape index (κ3) is 6.58. The van der Waals surface area contributed by atoms with Crippen LogP contribution in [-0.2, 0) is 29.2 Å². The van der Waals surface area contributed by atoms with Crippen molar-refractivity contribution in [3.63, 3.8) is 0 Å². The van der Waals surface area contributed by atoms with Crippen LogP contribution in [0.2, 0.25) is 0 Å². The van der Waals surface area contributed by atoms with Gasteiger partial charge in [0.25, 0.3) is 0 Å². The van der Waals surface area contributed by atoms with Crippen LogP contribution in [0.15, 0.2) is 48.5 Å². The second-order valence-corrected chi connectivity index (χ2v) is 6.36. The highest BCUT2D eigenvalue weighted by Gasteiger charge is 2.10. The van der Waals surface area contributed by atoms with Crippen molar-refractivity contribution in [1.29, 1.82) is 0 Å². The fourth-order valence-electron chi connectivity index (χ4n) is 2.67. The normalized spacial score (nSPS) is 10.9. The molecule has 1 amide bonds. The van der Waals surface area contributed by atoms with E-state index in [4.69, 9.17) is 4.74 Å². The Morgan fingerprint density at radius 3 is 2.42 bits per heavy atom. The fourth-order valence-corrected chi connectivity index (χ4v) is 2.67. The highest BCUT2D eigenvalue weighted by Crippen LogP contribution is 2.11. The second kappa shape index (κ2) is 10.7. The number of ether oxygens (including phenoxy) is 1. The molecule has 0 heterocycles. The first kappa shape index (κ1) is 20.1. The van der Waals surface area contributed by atoms with Gasteiger partial charge in [-0.15, -0.1) is 0 Å². The highest BCUT2D eigenvalue weighted by molar-refractivity contribution is 5.78. The highest BCUT2D eigenvalue weighted by atomic mass is 19.1. The van der Waals surface area contributed by atoms with Crippen molar-refractivity contribution in [3.05, 3.63) is 71.0 Å². The van der Waals surface area contributed by atoms with Gasteiger partial charge in [0.05, 0.1) is 13.2 Å². The number of halogens is 1. The lowest BCUT2D eigenvalue weighted by Crippen LogP contribution is -2.34. The topological polar surface area (TPSA) is 41.6 Å². The predicted octanol–water partition coefficient (Wildman–Crippen LogP) is 3.50. The van der Waals surface area contributed by atoms with Crippen molar-refractivity contribution in [2.24, 2.45) is 0 Å². The van der Waals surface area contributed by atoms with Crippen LogP contribution >= 0.6 is 0 Å². The van der Waals surface area contributed by atoms with E-state index in [1.165, 1.54) is 6.07 Å². The lowest BCUT2D eigenvalue weighted by atomic mass is 10.1. The molecule has 0 aliphatic rings. The molecule has 2 aromatic rings. The zero-order valence-corrected chi connectivity index (χ0v) is 15.5. The van der Waals surface area contributed by atoms with Gasteiger partial charge in [0.2, 0.25) is 5.91 Å². The second-order valence-electron chi connectivity index (χ2n) is 6.36. The van der Waals surface area contributed by atoms with Crippen LogP contribution in [-0.4, -0.2) is 31.0 Å². The predicted molar refractivity (Wildman–Crippen MR) is 101 cm³/mol. The largest absolute Gasteiger partial charge is 0.377 e. The van der Waals surface area contributed by atoms with E-state index in [-0.39, 0.29) is 18.3 Å². The van der Waals surface area contributed by atoms with Gasteiger partial charge in [0, 0.05) is 25.3 Å². The van der Waals surface area contributed by atoms with Crippen LogP contribution in [0.1, 0.15) is 30.0 Å². The molecule has 5 heteroatoms. The van der Waals surface area contributed by atoms with Gasteiger partial charge >= 0.3 is 0 Å². The molecule has 0 unspecified atom stereocenters. The molecule has 0 fully saturated rings. The number of nitrogens with one attached hydrogen (secondary N) is 1. The van der Waals surface area contributed by atoms with E-state index in [0.717, 1.165) is 24.2 Å². The number of benzene rings is 2. The average molecular weight is 358 g/mol. The minimum absolute atomic E-state index is 0.0897. The molecule has 26 heavy (non-hydrogen) atoms. The summed E-state index contributed by atoms with van der Waals surface area (Å²) >= 11 is 0. The Hall–Kier alpha value is -2.24. The summed E-state index contributed by atoms with van der Waals surface area (Å²) in [6.45, 7) is 4.40. The lowest BCUT2D eigenvalue weighted by Gasteiger charge is -2.17. The number of carbonyl (C=O) groups excluding carboxylic acids is 1. The number of likely N-dealkylation sites (N-methyl/N-ethyl adjacent to an activating group) is 1. The molecule has 0 bridgehead atoms. The first-order valence-corrected chi connectivity index (χ1v) is 8.93. The van der Waals surface area contributed by atoms with E-state index in [2.05, 4.69) is 12.2 Å². The van der Waals surface area contributed by atoms with E-state index in [9.17, 15) is 9.18 Å². The van der Waals surface area contributed by atoms with Gasteiger partial charge in [0.15, 0.2) is 0 Å². The van der Waals surface area contributed by atoms with E-state index in [0.29, 0.717) is 25.3 Å². The first-order valence-electron chi connectivity index (χ1n) is 8.93. The molecule has 0 saturated heterocycles. The molecule has 0 saturated carbocycles. The number of amides is 1. The van der Waals surface area contributed by atoms with Crippen LogP contribution in [0.5, 0.6) is 0 Å². The third-order valence-electron chi connectivity index (χ3n) is 4.01. The smallest absolute Gasteiger partial charge is 0.234 e. The molecule has 140 valence electrons. The maximum absolute atomic E-state index is 13.7. The summed E-state index contributed by atoms with van der Waals surface area (Å²) in [4.78, 5) is 14.0. The van der Waals surface area contributed by atoms with Crippen LogP contribution in [0, 0.1) is 5.82 Å². The molecule has 0 spiro atoms. The standard InChI is InChI=1S/C21H27FN2O2/c1-3-12-26-16-19-10-5-4-8-17(19)13-23-21(25)15-24(2)14-18-9-6-7-11-20(18)22/h4-11H,3,12-16H2,1-2H3,(H,23,25). The van der Waals surface area contributed by atoms with E-state index >= 15 is 0 Å². The Bertz CT molecular complexity index is 706. The van der Waals surface area contributed by atoms with Crippen LogP contribution in [0.3, 0.4) is 0 Å². The molecule has 0 aromatic heterocycles. The summed E-state index contributed by atoms with van der Waals surface area (Å²) in [5, 5.41) is 2.93. The first-order chi connectivity index (χ1) is 12.6. The van der Waals surface area contributed by atoms with Gasteiger partial charge in [-0.05, 0) is 30.7 Å². The van der Waals surface area contributed by atoms with Gasteiger partial charge in [-0.25, -0.2) is 4.39 Å². The van der Waals surface area contributed by atoms with Crippen molar-refractivity contribution >= 4 is 5.91 Å². The quantitative estimate of drug-likeness (QED) is 0.661. The fraction of sp³-hybridized carbons (Fsp3) is 0.381. The lowest BCUT2D eigenvalue weighted by molar-refractivity contribution is -0.122. The zero-order chi connectivity index (χ0) is 18.8. The number of hydrogen-bond donors (Lipinski definition) is 1. The summed E-state index contributed by atoms with van der Waals surface area (Å²) in [7, 11) is 1.80. The summed E-state index contributed by atoms with van der Waals surface area (Å²) in [6, 6.07) is 14.6. The Labute approximate surface area is 155 Å². The van der Waals surface area contributed by atoms with Crippen molar-refractivity contribution in [3.8, 4) is 0 Å².